The van der Waals surface area contributed by atoms with Gasteiger partial charge >= 0.3 is 11.4 Å². The summed E-state index contributed by atoms with van der Waals surface area (Å²) in [5.74, 6) is 0.575. The average molecular weight is 401 g/mol. The molecule has 2 aromatic carbocycles. The van der Waals surface area contributed by atoms with Crippen LogP contribution >= 0.6 is 11.6 Å². The highest BCUT2D eigenvalue weighted by Gasteiger charge is 2.10. The Labute approximate surface area is 162 Å². The van der Waals surface area contributed by atoms with Crippen molar-refractivity contribution >= 4 is 11.6 Å². The van der Waals surface area contributed by atoms with Crippen LogP contribution in [0.4, 0.5) is 0 Å². The normalized spacial score (nSPS) is 10.9. The number of benzene rings is 2. The van der Waals surface area contributed by atoms with Crippen molar-refractivity contribution in [2.24, 2.45) is 0 Å². The zero-order valence-electron chi connectivity index (χ0n) is 14.3. The molecule has 0 bridgehead atoms. The molecule has 10 heteroatoms. The molecule has 4 aromatic rings. The van der Waals surface area contributed by atoms with Gasteiger partial charge in [-0.1, -0.05) is 28.9 Å². The van der Waals surface area contributed by atoms with Gasteiger partial charge in [0.1, 0.15) is 5.75 Å². The van der Waals surface area contributed by atoms with E-state index in [0.717, 1.165) is 15.9 Å². The van der Waals surface area contributed by atoms with Crippen LogP contribution in [0, 0.1) is 0 Å². The molecule has 2 heterocycles. The number of hydrogen-bond acceptors (Lipinski definition) is 7. The number of halogens is 1. The molecule has 0 aliphatic heterocycles. The van der Waals surface area contributed by atoms with E-state index >= 15 is 0 Å². The standard InChI is InChI=1S/C18H13ClN4O5/c19-13-5-3-12(4-6-13)16-20-15(22-27-16)10-26-14-7-1-11(2-8-14)9-23-17(24)21-18(25)28-23/h1-8H,9-10H2,(H,21,24,25). The van der Waals surface area contributed by atoms with E-state index in [2.05, 4.69) is 10.1 Å². The van der Waals surface area contributed by atoms with Crippen molar-refractivity contribution in [1.29, 1.82) is 0 Å². The Balaban J connectivity index is 1.37. The van der Waals surface area contributed by atoms with E-state index in [0.29, 0.717) is 22.5 Å². The van der Waals surface area contributed by atoms with Gasteiger partial charge in [-0.2, -0.15) is 4.98 Å². The smallest absolute Gasteiger partial charge is 0.440 e. The highest BCUT2D eigenvalue weighted by Crippen LogP contribution is 2.20. The largest absolute Gasteiger partial charge is 0.485 e. The van der Waals surface area contributed by atoms with Gasteiger partial charge in [-0.25, -0.2) is 14.6 Å². The van der Waals surface area contributed by atoms with E-state index in [4.69, 9.17) is 25.4 Å². The van der Waals surface area contributed by atoms with E-state index < -0.39 is 11.4 Å². The van der Waals surface area contributed by atoms with Crippen molar-refractivity contribution in [3.8, 4) is 17.2 Å². The molecule has 1 N–H and O–H groups in total. The number of nitrogens with zero attached hydrogens (tertiary/aromatic N) is 3. The number of hydrogen-bond donors (Lipinski definition) is 1. The summed E-state index contributed by atoms with van der Waals surface area (Å²) in [5, 5.41) is 4.51. The molecule has 0 atom stereocenters. The van der Waals surface area contributed by atoms with E-state index in [9.17, 15) is 9.59 Å². The summed E-state index contributed by atoms with van der Waals surface area (Å²) in [6.07, 6.45) is 0. The molecule has 0 spiro atoms. The molecule has 0 saturated carbocycles. The average Bonchev–Trinajstić information content (AvgIpc) is 3.28. The number of aromatic amines is 1. The first-order chi connectivity index (χ1) is 13.6. The van der Waals surface area contributed by atoms with Crippen LogP contribution < -0.4 is 16.2 Å². The van der Waals surface area contributed by atoms with Crippen molar-refractivity contribution in [2.45, 2.75) is 13.2 Å². The molecule has 2 aromatic heterocycles. The molecular formula is C18H13ClN4O5. The van der Waals surface area contributed by atoms with Crippen LogP contribution in [0.15, 0.2) is 67.2 Å². The second-order valence-corrected chi connectivity index (χ2v) is 6.24. The minimum Gasteiger partial charge on any atom is -0.485 e. The maximum Gasteiger partial charge on any atom is 0.440 e. The lowest BCUT2D eigenvalue weighted by Crippen LogP contribution is -2.17. The molecule has 0 aliphatic rings. The molecule has 0 saturated heterocycles. The van der Waals surface area contributed by atoms with Crippen LogP contribution in [0.2, 0.25) is 5.02 Å². The minimum absolute atomic E-state index is 0.128. The van der Waals surface area contributed by atoms with Gasteiger partial charge in [0.2, 0.25) is 5.82 Å². The summed E-state index contributed by atoms with van der Waals surface area (Å²) >= 11 is 5.86. The molecule has 142 valence electrons. The SMILES string of the molecule is O=c1[nH]c(=O)n(Cc2ccc(OCc3noc(-c4ccc(Cl)cc4)n3)cc2)o1. The Kier molecular flexibility index (Phi) is 4.81. The second-order valence-electron chi connectivity index (χ2n) is 5.80. The van der Waals surface area contributed by atoms with Gasteiger partial charge in [0, 0.05) is 10.6 Å². The number of nitrogens with one attached hydrogen (secondary N) is 1. The van der Waals surface area contributed by atoms with Gasteiger partial charge in [0.25, 0.3) is 5.89 Å². The molecule has 28 heavy (non-hydrogen) atoms. The van der Waals surface area contributed by atoms with Crippen molar-refractivity contribution in [3.63, 3.8) is 0 Å². The minimum atomic E-state index is -0.789. The van der Waals surface area contributed by atoms with Crippen molar-refractivity contribution in [2.75, 3.05) is 0 Å². The second kappa shape index (κ2) is 7.57. The quantitative estimate of drug-likeness (QED) is 0.528. The van der Waals surface area contributed by atoms with Gasteiger partial charge < -0.3 is 13.8 Å². The predicted octanol–water partition coefficient (Wildman–Crippen LogP) is 2.46. The summed E-state index contributed by atoms with van der Waals surface area (Å²) in [5.41, 5.74) is 0.930. The molecule has 0 radical (unpaired) electrons. The summed E-state index contributed by atoms with van der Waals surface area (Å²) < 4.78 is 16.5. The topological polar surface area (TPSA) is 116 Å². The maximum atomic E-state index is 11.5. The number of ether oxygens (including phenoxy) is 1. The summed E-state index contributed by atoms with van der Waals surface area (Å²) in [6, 6.07) is 14.0. The fourth-order valence-electron chi connectivity index (χ4n) is 2.45. The Morgan fingerprint density at radius 2 is 1.82 bits per heavy atom. The molecule has 9 nitrogen and oxygen atoms in total. The lowest BCUT2D eigenvalue weighted by Gasteiger charge is -2.04. The Morgan fingerprint density at radius 1 is 1.07 bits per heavy atom. The summed E-state index contributed by atoms with van der Waals surface area (Å²) in [7, 11) is 0. The fourth-order valence-corrected chi connectivity index (χ4v) is 2.57. The van der Waals surface area contributed by atoms with Crippen LogP contribution in [-0.4, -0.2) is 19.9 Å². The van der Waals surface area contributed by atoms with Gasteiger partial charge in [-0.3, -0.25) is 0 Å². The Morgan fingerprint density at radius 3 is 2.50 bits per heavy atom. The van der Waals surface area contributed by atoms with E-state index in [1.54, 1.807) is 48.5 Å². The molecule has 0 unspecified atom stereocenters. The molecule has 0 aliphatic carbocycles. The first kappa shape index (κ1) is 17.8. The van der Waals surface area contributed by atoms with Crippen LogP contribution in [-0.2, 0) is 13.2 Å². The maximum absolute atomic E-state index is 11.5. The van der Waals surface area contributed by atoms with Gasteiger partial charge in [0.05, 0.1) is 6.54 Å². The third kappa shape index (κ3) is 4.04. The van der Waals surface area contributed by atoms with Crippen LogP contribution in [0.5, 0.6) is 5.75 Å². The zero-order valence-corrected chi connectivity index (χ0v) is 15.0. The van der Waals surface area contributed by atoms with E-state index in [-0.39, 0.29) is 13.2 Å². The fraction of sp³-hybridized carbons (Fsp3) is 0.111. The summed E-state index contributed by atoms with van der Waals surface area (Å²) in [6.45, 7) is 0.260. The Hall–Kier alpha value is -3.59. The van der Waals surface area contributed by atoms with E-state index in [1.165, 1.54) is 0 Å². The van der Waals surface area contributed by atoms with Crippen molar-refractivity contribution in [3.05, 3.63) is 86.0 Å². The number of rotatable bonds is 6. The third-order valence-corrected chi connectivity index (χ3v) is 4.06. The lowest BCUT2D eigenvalue weighted by atomic mass is 10.2. The molecular weight excluding hydrogens is 388 g/mol. The molecule has 0 fully saturated rings. The first-order valence-corrected chi connectivity index (χ1v) is 8.55. The highest BCUT2D eigenvalue weighted by molar-refractivity contribution is 6.30. The Bertz CT molecular complexity index is 1190. The van der Waals surface area contributed by atoms with Crippen LogP contribution in [0.3, 0.4) is 0 Å². The van der Waals surface area contributed by atoms with Gasteiger partial charge in [0.15, 0.2) is 6.61 Å². The highest BCUT2D eigenvalue weighted by atomic mass is 35.5. The lowest BCUT2D eigenvalue weighted by molar-refractivity contribution is 0.258. The van der Waals surface area contributed by atoms with Crippen LogP contribution in [0.1, 0.15) is 11.4 Å². The summed E-state index contributed by atoms with van der Waals surface area (Å²) in [4.78, 5) is 28.8. The van der Waals surface area contributed by atoms with Crippen molar-refractivity contribution < 1.29 is 13.8 Å². The zero-order chi connectivity index (χ0) is 19.5. The third-order valence-electron chi connectivity index (χ3n) is 3.81. The predicted molar refractivity (Wildman–Crippen MR) is 98.2 cm³/mol. The van der Waals surface area contributed by atoms with Crippen molar-refractivity contribution in [1.82, 2.24) is 19.9 Å². The first-order valence-electron chi connectivity index (χ1n) is 8.17. The van der Waals surface area contributed by atoms with Gasteiger partial charge in [-0.15, -0.1) is 4.74 Å². The molecule has 0 amide bonds. The number of aromatic nitrogens is 4. The monoisotopic (exact) mass is 400 g/mol. The van der Waals surface area contributed by atoms with E-state index in [1.807, 2.05) is 4.98 Å². The van der Waals surface area contributed by atoms with Gasteiger partial charge in [-0.05, 0) is 42.0 Å². The number of H-pyrrole nitrogens is 1. The van der Waals surface area contributed by atoms with Crippen LogP contribution in [0.25, 0.3) is 11.5 Å². The molecule has 4 rings (SSSR count).